The van der Waals surface area contributed by atoms with Gasteiger partial charge >= 0.3 is 10.2 Å². The third-order valence-corrected chi connectivity index (χ3v) is 6.22. The van der Waals surface area contributed by atoms with Crippen molar-refractivity contribution in [1.29, 1.82) is 0 Å². The van der Waals surface area contributed by atoms with Crippen LogP contribution in [-0.2, 0) is 19.7 Å². The van der Waals surface area contributed by atoms with Crippen molar-refractivity contribution < 1.29 is 27.4 Å². The first kappa shape index (κ1) is 22.1. The smallest absolute Gasteiger partial charge is 0.345 e. The molecule has 1 aromatic rings. The van der Waals surface area contributed by atoms with Crippen molar-refractivity contribution in [3.63, 3.8) is 0 Å². The van der Waals surface area contributed by atoms with Crippen LogP contribution in [0.4, 0.5) is 0 Å². The van der Waals surface area contributed by atoms with Gasteiger partial charge in [-0.1, -0.05) is 0 Å². The molecule has 1 aromatic carbocycles. The summed E-state index contributed by atoms with van der Waals surface area (Å²) in [7, 11) is 0.255. The summed E-state index contributed by atoms with van der Waals surface area (Å²) in [5.41, 5.74) is 0.632. The molecule has 0 radical (unpaired) electrons. The van der Waals surface area contributed by atoms with E-state index in [1.165, 1.54) is 27.3 Å². The molecule has 0 spiro atoms. The number of nitrogens with zero attached hydrogens (tertiary/aromatic N) is 3. The Hall–Kier alpha value is -2.63. The topological polar surface area (TPSA) is 110 Å². The second-order valence-electron chi connectivity index (χ2n) is 6.73. The van der Waals surface area contributed by atoms with Gasteiger partial charge < -0.3 is 19.5 Å². The number of hydrogen-bond acceptors (Lipinski definition) is 7. The van der Waals surface area contributed by atoms with Crippen LogP contribution in [0, 0.1) is 0 Å². The van der Waals surface area contributed by atoms with Crippen molar-refractivity contribution in [2.45, 2.75) is 0 Å². The highest BCUT2D eigenvalue weighted by Gasteiger charge is 2.30. The van der Waals surface area contributed by atoms with Crippen molar-refractivity contribution in [2.75, 3.05) is 60.7 Å². The van der Waals surface area contributed by atoms with Crippen LogP contribution in [0.1, 0.15) is 5.56 Å². The predicted molar refractivity (Wildman–Crippen MR) is 111 cm³/mol. The molecule has 3 rings (SSSR count). The normalized spacial score (nSPS) is 19.0. The van der Waals surface area contributed by atoms with E-state index in [4.69, 9.17) is 14.2 Å². The Morgan fingerprint density at radius 2 is 1.90 bits per heavy atom. The Morgan fingerprint density at radius 1 is 1.20 bits per heavy atom. The zero-order valence-corrected chi connectivity index (χ0v) is 18.1. The van der Waals surface area contributed by atoms with Crippen LogP contribution in [-0.4, -0.2) is 89.9 Å². The summed E-state index contributed by atoms with van der Waals surface area (Å²) in [6.07, 6.45) is 1.45. The summed E-state index contributed by atoms with van der Waals surface area (Å²) in [6, 6.07) is 4.92. The van der Waals surface area contributed by atoms with Gasteiger partial charge in [0.2, 0.25) is 0 Å². The summed E-state index contributed by atoms with van der Waals surface area (Å²) in [5, 5.41) is 2.79. The van der Waals surface area contributed by atoms with E-state index in [1.54, 1.807) is 18.2 Å². The fraction of sp³-hybridized carbons (Fsp3) is 0.474. The van der Waals surface area contributed by atoms with Gasteiger partial charge in [-0.3, -0.25) is 9.69 Å². The van der Waals surface area contributed by atoms with Gasteiger partial charge in [-0.2, -0.15) is 8.42 Å². The molecule has 0 aliphatic carbocycles. The maximum Gasteiger partial charge on any atom is 0.345 e. The molecule has 1 saturated heterocycles. The lowest BCUT2D eigenvalue weighted by molar-refractivity contribution is -0.118. The Labute approximate surface area is 176 Å². The number of carbonyl (C=O) groups is 1. The lowest BCUT2D eigenvalue weighted by Crippen LogP contribution is -2.43. The molecule has 0 saturated carbocycles. The first-order valence-corrected chi connectivity index (χ1v) is 10.9. The van der Waals surface area contributed by atoms with Crippen LogP contribution in [0.3, 0.4) is 0 Å². The number of morpholine rings is 1. The fourth-order valence-electron chi connectivity index (χ4n) is 3.14. The van der Waals surface area contributed by atoms with Crippen LogP contribution < -0.4 is 14.8 Å². The highest BCUT2D eigenvalue weighted by Crippen LogP contribution is 2.29. The van der Waals surface area contributed by atoms with Crippen LogP contribution in [0.2, 0.25) is 0 Å². The average Bonchev–Trinajstić information content (AvgIpc) is 2.75. The highest BCUT2D eigenvalue weighted by molar-refractivity contribution is 7.88. The molecule has 2 heterocycles. The van der Waals surface area contributed by atoms with Crippen LogP contribution in [0.15, 0.2) is 34.4 Å². The predicted octanol–water partition coefficient (Wildman–Crippen LogP) is 0.0154. The third kappa shape index (κ3) is 4.91. The maximum atomic E-state index is 12.7. The summed E-state index contributed by atoms with van der Waals surface area (Å²) >= 11 is 0. The second-order valence-corrected chi connectivity index (χ2v) is 8.36. The number of allylic oxidation sites excluding steroid dienone is 1. The monoisotopic (exact) mass is 438 g/mol. The number of benzene rings is 1. The maximum absolute atomic E-state index is 12.7. The van der Waals surface area contributed by atoms with Crippen LogP contribution in [0.25, 0.3) is 0 Å². The molecule has 1 amide bonds. The lowest BCUT2D eigenvalue weighted by Gasteiger charge is -2.27. The number of methoxy groups -OCH3 is 2. The van der Waals surface area contributed by atoms with E-state index in [9.17, 15) is 13.2 Å². The number of nitrogens with one attached hydrogen (secondary N) is 1. The Bertz CT molecular complexity index is 954. The van der Waals surface area contributed by atoms with Crippen molar-refractivity contribution >= 4 is 21.8 Å². The molecule has 30 heavy (non-hydrogen) atoms. The number of likely N-dealkylation sites (N-methyl/N-ethyl adjacent to an activating group) is 1. The number of rotatable bonds is 7. The Balaban J connectivity index is 1.79. The summed E-state index contributed by atoms with van der Waals surface area (Å²) in [6.45, 7) is 4.02. The first-order chi connectivity index (χ1) is 14.4. The molecule has 1 fully saturated rings. The molecule has 1 N–H and O–H groups in total. The van der Waals surface area contributed by atoms with E-state index in [-0.39, 0.29) is 11.4 Å². The molecule has 0 aromatic heterocycles. The van der Waals surface area contributed by atoms with E-state index in [2.05, 4.69) is 14.6 Å². The van der Waals surface area contributed by atoms with E-state index in [0.29, 0.717) is 43.4 Å². The second kappa shape index (κ2) is 9.45. The summed E-state index contributed by atoms with van der Waals surface area (Å²) in [5.74, 6) is 0.448. The number of ether oxygens (including phenoxy) is 3. The zero-order valence-electron chi connectivity index (χ0n) is 17.3. The van der Waals surface area contributed by atoms with Crippen molar-refractivity contribution in [1.82, 2.24) is 14.5 Å². The van der Waals surface area contributed by atoms with Gasteiger partial charge in [-0.05, 0) is 24.3 Å². The third-order valence-electron chi connectivity index (χ3n) is 4.90. The Morgan fingerprint density at radius 3 is 2.57 bits per heavy atom. The average molecular weight is 439 g/mol. The van der Waals surface area contributed by atoms with Gasteiger partial charge in [-0.25, -0.2) is 4.31 Å². The number of hydrogen-bond donors (Lipinski definition) is 1. The quantitative estimate of drug-likeness (QED) is 0.639. The van der Waals surface area contributed by atoms with Crippen molar-refractivity contribution in [2.24, 2.45) is 4.40 Å². The van der Waals surface area contributed by atoms with E-state index in [1.807, 2.05) is 0 Å². The van der Waals surface area contributed by atoms with E-state index in [0.717, 1.165) is 17.4 Å². The molecule has 10 nitrogen and oxygen atoms in total. The minimum absolute atomic E-state index is 0.00300. The standard InChI is InChI=1S/C19H26N4O6S/c1-22-16(19(24)20-6-7-23-8-10-29-11-9-23)13-15(21-30(22,25)26)14-4-5-17(27-2)18(12-14)28-3/h4-5,12-13H,6-11H2,1-3H3,(H,20,24). The SMILES string of the molecule is COc1ccc(C2=NS(=O)(=O)N(C)C(C(=O)NCCN3CCOCC3)=C2)cc1OC. The molecule has 164 valence electrons. The Kier molecular flexibility index (Phi) is 6.95. The first-order valence-electron chi connectivity index (χ1n) is 9.47. The minimum atomic E-state index is -4.04. The van der Waals surface area contributed by atoms with Crippen LogP contribution >= 0.6 is 0 Å². The van der Waals surface area contributed by atoms with E-state index >= 15 is 0 Å². The van der Waals surface area contributed by atoms with Crippen LogP contribution in [0.5, 0.6) is 11.5 Å². The summed E-state index contributed by atoms with van der Waals surface area (Å²) in [4.78, 5) is 14.9. The molecule has 11 heteroatoms. The van der Waals surface area contributed by atoms with Crippen molar-refractivity contribution in [3.8, 4) is 11.5 Å². The van der Waals surface area contributed by atoms with Gasteiger partial charge in [0.1, 0.15) is 5.70 Å². The van der Waals surface area contributed by atoms with Gasteiger partial charge in [0, 0.05) is 38.8 Å². The van der Waals surface area contributed by atoms with Crippen molar-refractivity contribution in [3.05, 3.63) is 35.5 Å². The van der Waals surface area contributed by atoms with Gasteiger partial charge in [0.15, 0.2) is 11.5 Å². The number of amides is 1. The minimum Gasteiger partial charge on any atom is -0.493 e. The molecule has 2 aliphatic heterocycles. The van der Waals surface area contributed by atoms with Gasteiger partial charge in [0.25, 0.3) is 5.91 Å². The molecular formula is C19H26N4O6S. The molecule has 0 unspecified atom stereocenters. The fourth-order valence-corrected chi connectivity index (χ4v) is 4.05. The highest BCUT2D eigenvalue weighted by atomic mass is 32.2. The molecular weight excluding hydrogens is 412 g/mol. The number of carbonyl (C=O) groups excluding carboxylic acids is 1. The molecule has 0 atom stereocenters. The van der Waals surface area contributed by atoms with E-state index < -0.39 is 16.1 Å². The van der Waals surface area contributed by atoms with Gasteiger partial charge in [0.05, 0.1) is 33.1 Å². The largest absolute Gasteiger partial charge is 0.493 e. The molecule has 2 aliphatic rings. The zero-order chi connectivity index (χ0) is 21.7. The summed E-state index contributed by atoms with van der Waals surface area (Å²) < 4.78 is 45.5. The molecule has 0 bridgehead atoms. The lowest BCUT2D eigenvalue weighted by atomic mass is 10.1. The van der Waals surface area contributed by atoms with Gasteiger partial charge in [-0.15, -0.1) is 4.40 Å².